The molecule has 152 valence electrons. The fourth-order valence-electron chi connectivity index (χ4n) is 4.03. The van der Waals surface area contributed by atoms with Crippen molar-refractivity contribution in [2.75, 3.05) is 11.6 Å². The monoisotopic (exact) mass is 493 g/mol. The number of halogens is 3. The van der Waals surface area contributed by atoms with Gasteiger partial charge in [0.1, 0.15) is 0 Å². The number of carbonyl (C=O) groups excluding carboxylic acids is 1. The average Bonchev–Trinajstić information content (AvgIpc) is 3.37. The second-order valence-corrected chi connectivity index (χ2v) is 9.34. The first kappa shape index (κ1) is 20.7. The number of carbonyl (C=O) groups is 1. The van der Waals surface area contributed by atoms with Crippen molar-refractivity contribution in [3.05, 3.63) is 62.5 Å². The minimum Gasteiger partial charge on any atom is -0.350 e. The molecule has 2 aliphatic rings. The van der Waals surface area contributed by atoms with Gasteiger partial charge in [0.15, 0.2) is 0 Å². The third-order valence-electron chi connectivity index (χ3n) is 5.58. The van der Waals surface area contributed by atoms with Gasteiger partial charge in [0.25, 0.3) is 0 Å². The Kier molecular flexibility index (Phi) is 6.47. The van der Waals surface area contributed by atoms with E-state index in [4.69, 9.17) is 28.3 Å². The van der Waals surface area contributed by atoms with Gasteiger partial charge in [-0.15, -0.1) is 0 Å². The van der Waals surface area contributed by atoms with Gasteiger partial charge < -0.3 is 5.32 Å². The fraction of sp³-hybridized carbons (Fsp3) is 0.364. The molecule has 4 rings (SSSR count). The molecule has 7 heteroatoms. The quantitative estimate of drug-likeness (QED) is 0.524. The minimum absolute atomic E-state index is 0.0140. The molecular formula is C22H22BrCl2N3O. The molecular weight excluding hydrogens is 473 g/mol. The van der Waals surface area contributed by atoms with E-state index in [1.165, 1.54) is 0 Å². The SMILES string of the molecule is O=C(NCC1=NN(c2ccc(Cl)cc2Cl)C(c2ccc(Br)cc2)C1)C1CCCC1. The zero-order valence-electron chi connectivity index (χ0n) is 15.9. The largest absolute Gasteiger partial charge is 0.350 e. The summed E-state index contributed by atoms with van der Waals surface area (Å²) in [6.07, 6.45) is 5.01. The molecule has 4 nitrogen and oxygen atoms in total. The maximum Gasteiger partial charge on any atom is 0.223 e. The van der Waals surface area contributed by atoms with E-state index in [1.54, 1.807) is 6.07 Å². The van der Waals surface area contributed by atoms with Gasteiger partial charge in [-0.2, -0.15) is 5.10 Å². The van der Waals surface area contributed by atoms with Crippen molar-refractivity contribution in [3.8, 4) is 0 Å². The Hall–Kier alpha value is -1.56. The molecule has 29 heavy (non-hydrogen) atoms. The normalized spacial score (nSPS) is 19.5. The Balaban J connectivity index is 1.56. The van der Waals surface area contributed by atoms with Crippen LogP contribution in [0.2, 0.25) is 10.0 Å². The molecule has 0 spiro atoms. The van der Waals surface area contributed by atoms with Gasteiger partial charge in [-0.3, -0.25) is 9.80 Å². The van der Waals surface area contributed by atoms with Crippen molar-refractivity contribution in [3.63, 3.8) is 0 Å². The highest BCUT2D eigenvalue weighted by atomic mass is 79.9. The van der Waals surface area contributed by atoms with E-state index in [2.05, 4.69) is 33.4 Å². The lowest BCUT2D eigenvalue weighted by Crippen LogP contribution is -2.33. The van der Waals surface area contributed by atoms with Crippen LogP contribution in [-0.2, 0) is 4.79 Å². The first-order chi connectivity index (χ1) is 14.0. The maximum atomic E-state index is 12.4. The van der Waals surface area contributed by atoms with Gasteiger partial charge in [-0.25, -0.2) is 0 Å². The summed E-state index contributed by atoms with van der Waals surface area (Å²) >= 11 is 16.0. The fourth-order valence-corrected chi connectivity index (χ4v) is 4.79. The number of rotatable bonds is 5. The van der Waals surface area contributed by atoms with E-state index in [0.29, 0.717) is 16.6 Å². The third kappa shape index (κ3) is 4.79. The molecule has 1 aliphatic carbocycles. The Labute approximate surface area is 189 Å². The van der Waals surface area contributed by atoms with Crippen LogP contribution < -0.4 is 10.3 Å². The molecule has 0 radical (unpaired) electrons. The Morgan fingerprint density at radius 1 is 1.14 bits per heavy atom. The molecule has 0 saturated heterocycles. The van der Waals surface area contributed by atoms with E-state index in [0.717, 1.165) is 53.5 Å². The predicted molar refractivity (Wildman–Crippen MR) is 123 cm³/mol. The van der Waals surface area contributed by atoms with E-state index in [9.17, 15) is 4.79 Å². The van der Waals surface area contributed by atoms with Crippen molar-refractivity contribution in [2.24, 2.45) is 11.0 Å². The lowest BCUT2D eigenvalue weighted by molar-refractivity contribution is -0.124. The second-order valence-electron chi connectivity index (χ2n) is 7.58. The maximum absolute atomic E-state index is 12.4. The van der Waals surface area contributed by atoms with Gasteiger partial charge >= 0.3 is 0 Å². The molecule has 2 aromatic carbocycles. The summed E-state index contributed by atoms with van der Waals surface area (Å²) in [6.45, 7) is 0.462. The van der Waals surface area contributed by atoms with Crippen LogP contribution in [0.15, 0.2) is 52.0 Å². The summed E-state index contributed by atoms with van der Waals surface area (Å²) < 4.78 is 1.03. The van der Waals surface area contributed by atoms with Crippen molar-refractivity contribution in [1.29, 1.82) is 0 Å². The van der Waals surface area contributed by atoms with Crippen LogP contribution in [0.25, 0.3) is 0 Å². The standard InChI is InChI=1S/C22H22BrCl2N3O/c23-16-7-5-14(6-8-16)21-12-18(13-26-22(29)15-3-1-2-4-15)27-28(21)20-10-9-17(24)11-19(20)25/h5-11,15,21H,1-4,12-13H2,(H,26,29). The Bertz CT molecular complexity index is 926. The van der Waals surface area contributed by atoms with Crippen LogP contribution in [0.5, 0.6) is 0 Å². The lowest BCUT2D eigenvalue weighted by Gasteiger charge is -2.25. The van der Waals surface area contributed by atoms with E-state index in [-0.39, 0.29) is 17.9 Å². The summed E-state index contributed by atoms with van der Waals surface area (Å²) in [7, 11) is 0. The number of nitrogens with zero attached hydrogens (tertiary/aromatic N) is 2. The summed E-state index contributed by atoms with van der Waals surface area (Å²) in [5.74, 6) is 0.300. The van der Waals surface area contributed by atoms with Crippen molar-refractivity contribution >= 4 is 56.4 Å². The predicted octanol–water partition coefficient (Wildman–Crippen LogP) is 6.37. The molecule has 1 unspecified atom stereocenters. The van der Waals surface area contributed by atoms with E-state index >= 15 is 0 Å². The Morgan fingerprint density at radius 3 is 2.55 bits per heavy atom. The molecule has 1 heterocycles. The first-order valence-corrected chi connectivity index (χ1v) is 11.4. The van der Waals surface area contributed by atoms with Crippen LogP contribution in [0.4, 0.5) is 5.69 Å². The number of hydrogen-bond acceptors (Lipinski definition) is 3. The van der Waals surface area contributed by atoms with Gasteiger partial charge in [0.2, 0.25) is 5.91 Å². The third-order valence-corrected chi connectivity index (χ3v) is 6.64. The summed E-state index contributed by atoms with van der Waals surface area (Å²) in [5.41, 5.74) is 2.89. The molecule has 0 aromatic heterocycles. The van der Waals surface area contributed by atoms with E-state index in [1.807, 2.05) is 29.3 Å². The molecule has 2 aromatic rings. The van der Waals surface area contributed by atoms with Gasteiger partial charge in [-0.05, 0) is 48.7 Å². The molecule has 1 aliphatic heterocycles. The molecule has 1 atom stereocenters. The zero-order chi connectivity index (χ0) is 20.4. The highest BCUT2D eigenvalue weighted by Crippen LogP contribution is 2.39. The molecule has 1 N–H and O–H groups in total. The topological polar surface area (TPSA) is 44.7 Å². The van der Waals surface area contributed by atoms with Crippen LogP contribution in [-0.4, -0.2) is 18.2 Å². The average molecular weight is 495 g/mol. The van der Waals surface area contributed by atoms with Crippen LogP contribution in [0.3, 0.4) is 0 Å². The van der Waals surface area contributed by atoms with Crippen LogP contribution in [0, 0.1) is 5.92 Å². The number of benzene rings is 2. The summed E-state index contributed by atoms with van der Waals surface area (Å²) in [6, 6.07) is 13.7. The van der Waals surface area contributed by atoms with Crippen LogP contribution in [0.1, 0.15) is 43.7 Å². The van der Waals surface area contributed by atoms with Crippen molar-refractivity contribution < 1.29 is 4.79 Å². The number of amides is 1. The minimum atomic E-state index is 0.0140. The van der Waals surface area contributed by atoms with E-state index < -0.39 is 0 Å². The molecule has 1 fully saturated rings. The van der Waals surface area contributed by atoms with Gasteiger partial charge in [-0.1, -0.05) is 64.1 Å². The van der Waals surface area contributed by atoms with Crippen LogP contribution >= 0.6 is 39.1 Å². The number of hydrogen-bond donors (Lipinski definition) is 1. The summed E-state index contributed by atoms with van der Waals surface area (Å²) in [5, 5.41) is 11.0. The summed E-state index contributed by atoms with van der Waals surface area (Å²) in [4.78, 5) is 12.4. The number of nitrogens with one attached hydrogen (secondary N) is 1. The van der Waals surface area contributed by atoms with Gasteiger partial charge in [0, 0.05) is 21.8 Å². The Morgan fingerprint density at radius 2 is 1.86 bits per heavy atom. The molecule has 0 bridgehead atoms. The zero-order valence-corrected chi connectivity index (χ0v) is 19.0. The number of hydrazone groups is 1. The highest BCUT2D eigenvalue weighted by Gasteiger charge is 2.31. The first-order valence-electron chi connectivity index (χ1n) is 9.85. The molecule has 1 saturated carbocycles. The number of anilines is 1. The van der Waals surface area contributed by atoms with Crippen molar-refractivity contribution in [2.45, 2.75) is 38.1 Å². The molecule has 1 amide bonds. The lowest BCUT2D eigenvalue weighted by atomic mass is 10.0. The smallest absolute Gasteiger partial charge is 0.223 e. The van der Waals surface area contributed by atoms with Gasteiger partial charge in [0.05, 0.1) is 29.0 Å². The van der Waals surface area contributed by atoms with Crippen molar-refractivity contribution in [1.82, 2.24) is 5.32 Å². The second kappa shape index (κ2) is 9.07. The highest BCUT2D eigenvalue weighted by molar-refractivity contribution is 9.10.